The molecule has 0 aliphatic carbocycles. The number of hydrogen-bond acceptors (Lipinski definition) is 6. The van der Waals surface area contributed by atoms with Gasteiger partial charge in [-0.05, 0) is 12.8 Å². The molecule has 142 valence electrons. The summed E-state index contributed by atoms with van der Waals surface area (Å²) in [5.41, 5.74) is 0. The van der Waals surface area contributed by atoms with Crippen LogP contribution in [0.4, 0.5) is 0 Å². The van der Waals surface area contributed by atoms with E-state index in [2.05, 4.69) is 0 Å². The van der Waals surface area contributed by atoms with Crippen molar-refractivity contribution >= 4 is 11.9 Å². The molecule has 0 aliphatic rings. The molecule has 0 saturated carbocycles. The molecule has 0 aliphatic heterocycles. The highest BCUT2D eigenvalue weighted by Gasteiger charge is 2.02. The minimum Gasteiger partial charge on any atom is -0.463 e. The third kappa shape index (κ3) is 17.2. The van der Waals surface area contributed by atoms with E-state index in [9.17, 15) is 9.59 Å². The first kappa shape index (κ1) is 22.9. The summed E-state index contributed by atoms with van der Waals surface area (Å²) in [7, 11) is 0. The van der Waals surface area contributed by atoms with Gasteiger partial charge in [0.05, 0.1) is 13.2 Å². The lowest BCUT2D eigenvalue weighted by atomic mass is 10.1. The highest BCUT2D eigenvalue weighted by Crippen LogP contribution is 2.12. The molecular weight excluding hydrogens is 312 g/mol. The summed E-state index contributed by atoms with van der Waals surface area (Å²) < 4.78 is 9.58. The first-order valence-electron chi connectivity index (χ1n) is 9.23. The molecule has 0 unspecified atom stereocenters. The molecular formula is C18H34O6. The SMILES string of the molecule is O=C(CCCCCCCCCCCCC(=O)OCCO)OCCO. The molecule has 0 heterocycles. The van der Waals surface area contributed by atoms with Crippen LogP contribution in [-0.2, 0) is 19.1 Å². The smallest absolute Gasteiger partial charge is 0.305 e. The maximum absolute atomic E-state index is 11.2. The molecule has 0 atom stereocenters. The second-order valence-electron chi connectivity index (χ2n) is 5.92. The lowest BCUT2D eigenvalue weighted by Gasteiger charge is -2.04. The van der Waals surface area contributed by atoms with Gasteiger partial charge in [0, 0.05) is 12.8 Å². The van der Waals surface area contributed by atoms with Crippen molar-refractivity contribution in [2.45, 2.75) is 77.0 Å². The zero-order chi connectivity index (χ0) is 17.9. The topological polar surface area (TPSA) is 93.1 Å². The summed E-state index contributed by atoms with van der Waals surface area (Å²) in [6.07, 6.45) is 11.8. The normalized spacial score (nSPS) is 10.6. The molecule has 0 aromatic heterocycles. The van der Waals surface area contributed by atoms with E-state index in [4.69, 9.17) is 19.7 Å². The van der Waals surface area contributed by atoms with Crippen LogP contribution in [0.5, 0.6) is 0 Å². The quantitative estimate of drug-likeness (QED) is 0.311. The lowest BCUT2D eigenvalue weighted by molar-refractivity contribution is -0.145. The van der Waals surface area contributed by atoms with Gasteiger partial charge in [0.2, 0.25) is 0 Å². The first-order valence-corrected chi connectivity index (χ1v) is 9.23. The van der Waals surface area contributed by atoms with Crippen LogP contribution in [0.2, 0.25) is 0 Å². The molecule has 6 nitrogen and oxygen atoms in total. The van der Waals surface area contributed by atoms with Crippen molar-refractivity contribution in [1.82, 2.24) is 0 Å². The number of rotatable bonds is 17. The Hall–Kier alpha value is -1.14. The van der Waals surface area contributed by atoms with Crippen LogP contribution in [0.15, 0.2) is 0 Å². The Morgan fingerprint density at radius 2 is 0.833 bits per heavy atom. The van der Waals surface area contributed by atoms with E-state index in [0.29, 0.717) is 12.8 Å². The Kier molecular flexibility index (Phi) is 17.3. The van der Waals surface area contributed by atoms with Crippen LogP contribution in [0.25, 0.3) is 0 Å². The van der Waals surface area contributed by atoms with E-state index in [-0.39, 0.29) is 38.4 Å². The Morgan fingerprint density at radius 1 is 0.542 bits per heavy atom. The molecule has 24 heavy (non-hydrogen) atoms. The summed E-state index contributed by atoms with van der Waals surface area (Å²) in [6, 6.07) is 0. The van der Waals surface area contributed by atoms with Crippen LogP contribution >= 0.6 is 0 Å². The Labute approximate surface area is 145 Å². The molecule has 0 aromatic rings. The summed E-state index contributed by atoms with van der Waals surface area (Å²) in [5, 5.41) is 17.0. The summed E-state index contributed by atoms with van der Waals surface area (Å²) in [6.45, 7) is -0.0234. The van der Waals surface area contributed by atoms with Gasteiger partial charge >= 0.3 is 11.9 Å². The van der Waals surface area contributed by atoms with E-state index in [1.807, 2.05) is 0 Å². The third-order valence-electron chi connectivity index (χ3n) is 3.72. The molecule has 0 radical (unpaired) electrons. The summed E-state index contributed by atoms with van der Waals surface area (Å²) in [4.78, 5) is 22.4. The van der Waals surface area contributed by atoms with Crippen LogP contribution in [-0.4, -0.2) is 48.6 Å². The number of aliphatic hydroxyl groups excluding tert-OH is 2. The molecule has 0 aromatic carbocycles. The highest BCUT2D eigenvalue weighted by molar-refractivity contribution is 5.69. The van der Waals surface area contributed by atoms with Gasteiger partial charge in [0.1, 0.15) is 13.2 Å². The lowest BCUT2D eigenvalue weighted by Crippen LogP contribution is -2.07. The van der Waals surface area contributed by atoms with Gasteiger partial charge in [0.25, 0.3) is 0 Å². The molecule has 0 rings (SSSR count). The average Bonchev–Trinajstić information content (AvgIpc) is 2.58. The minimum absolute atomic E-state index is 0.0999. The summed E-state index contributed by atoms with van der Waals surface area (Å²) in [5.74, 6) is -0.436. The van der Waals surface area contributed by atoms with E-state index < -0.39 is 0 Å². The van der Waals surface area contributed by atoms with Gasteiger partial charge in [-0.3, -0.25) is 9.59 Å². The van der Waals surface area contributed by atoms with E-state index in [1.165, 1.54) is 25.7 Å². The Morgan fingerprint density at radius 3 is 1.12 bits per heavy atom. The molecule has 6 heteroatoms. The van der Waals surface area contributed by atoms with Crippen LogP contribution in [0.1, 0.15) is 77.0 Å². The zero-order valence-electron chi connectivity index (χ0n) is 14.8. The maximum Gasteiger partial charge on any atom is 0.305 e. The fourth-order valence-corrected chi connectivity index (χ4v) is 2.42. The van der Waals surface area contributed by atoms with Crippen molar-refractivity contribution < 1.29 is 29.3 Å². The first-order chi connectivity index (χ1) is 11.7. The molecule has 0 spiro atoms. The van der Waals surface area contributed by atoms with Crippen molar-refractivity contribution in [2.24, 2.45) is 0 Å². The molecule has 2 N–H and O–H groups in total. The second-order valence-corrected chi connectivity index (χ2v) is 5.92. The zero-order valence-corrected chi connectivity index (χ0v) is 14.8. The van der Waals surface area contributed by atoms with Gasteiger partial charge in [-0.2, -0.15) is 0 Å². The minimum atomic E-state index is -0.218. The number of hydrogen-bond donors (Lipinski definition) is 2. The van der Waals surface area contributed by atoms with Gasteiger partial charge in [-0.1, -0.05) is 51.4 Å². The number of carbonyl (C=O) groups excluding carboxylic acids is 2. The van der Waals surface area contributed by atoms with Crippen LogP contribution in [0.3, 0.4) is 0 Å². The number of carbonyl (C=O) groups is 2. The van der Waals surface area contributed by atoms with Gasteiger partial charge in [0.15, 0.2) is 0 Å². The van der Waals surface area contributed by atoms with E-state index in [1.54, 1.807) is 0 Å². The van der Waals surface area contributed by atoms with E-state index in [0.717, 1.165) is 38.5 Å². The Bertz CT molecular complexity index is 276. The van der Waals surface area contributed by atoms with Gasteiger partial charge in [-0.25, -0.2) is 0 Å². The van der Waals surface area contributed by atoms with Crippen molar-refractivity contribution in [3.63, 3.8) is 0 Å². The molecule has 0 saturated heterocycles. The van der Waals surface area contributed by atoms with Crippen molar-refractivity contribution in [3.05, 3.63) is 0 Å². The summed E-state index contributed by atoms with van der Waals surface area (Å²) >= 11 is 0. The average molecular weight is 346 g/mol. The fraction of sp³-hybridized carbons (Fsp3) is 0.889. The number of aliphatic hydroxyl groups is 2. The fourth-order valence-electron chi connectivity index (χ4n) is 2.42. The van der Waals surface area contributed by atoms with Crippen LogP contribution < -0.4 is 0 Å². The van der Waals surface area contributed by atoms with Crippen molar-refractivity contribution in [3.8, 4) is 0 Å². The number of ether oxygens (including phenoxy) is 2. The van der Waals surface area contributed by atoms with Crippen molar-refractivity contribution in [2.75, 3.05) is 26.4 Å². The monoisotopic (exact) mass is 346 g/mol. The van der Waals surface area contributed by atoms with E-state index >= 15 is 0 Å². The third-order valence-corrected chi connectivity index (χ3v) is 3.72. The molecule has 0 fully saturated rings. The predicted molar refractivity (Wildman–Crippen MR) is 91.5 cm³/mol. The molecule has 0 amide bonds. The largest absolute Gasteiger partial charge is 0.463 e. The van der Waals surface area contributed by atoms with Gasteiger partial charge in [-0.15, -0.1) is 0 Å². The molecule has 0 bridgehead atoms. The standard InChI is InChI=1S/C18H34O6/c19-13-15-23-17(21)11-9-7-5-3-1-2-4-6-8-10-12-18(22)24-16-14-20/h19-20H,1-16H2. The van der Waals surface area contributed by atoms with Crippen molar-refractivity contribution in [1.29, 1.82) is 0 Å². The number of esters is 2. The highest BCUT2D eigenvalue weighted by atomic mass is 16.5. The maximum atomic E-state index is 11.2. The van der Waals surface area contributed by atoms with Crippen LogP contribution in [0, 0.1) is 0 Å². The predicted octanol–water partition coefficient (Wildman–Crippen LogP) is 2.74. The van der Waals surface area contributed by atoms with Gasteiger partial charge < -0.3 is 19.7 Å². The second kappa shape index (κ2) is 18.2. The number of unbranched alkanes of at least 4 members (excludes halogenated alkanes) is 9. The Balaban J connectivity index is 3.15.